The first-order valence-corrected chi connectivity index (χ1v) is 9.72. The lowest BCUT2D eigenvalue weighted by Crippen LogP contribution is -2.22. The van der Waals surface area contributed by atoms with Crippen LogP contribution in [-0.4, -0.2) is 30.6 Å². The van der Waals surface area contributed by atoms with Crippen LogP contribution >= 0.6 is 11.6 Å². The summed E-state index contributed by atoms with van der Waals surface area (Å²) in [7, 11) is 1.58. The summed E-state index contributed by atoms with van der Waals surface area (Å²) < 4.78 is 16.7. The average Bonchev–Trinajstić information content (AvgIpc) is 2.76. The SMILES string of the molecule is COc1ccc2c(c1)C(COC(=N)N)c1cc(NC(=O)c3ccc(Cl)cn3)ccc1O2. The zero-order chi connectivity index (χ0) is 22.0. The predicted molar refractivity (Wildman–Crippen MR) is 116 cm³/mol. The lowest BCUT2D eigenvalue weighted by Gasteiger charge is -2.29. The van der Waals surface area contributed by atoms with Crippen molar-refractivity contribution in [3.63, 3.8) is 0 Å². The highest BCUT2D eigenvalue weighted by atomic mass is 35.5. The molecular weight excluding hydrogens is 420 g/mol. The Bertz CT molecular complexity index is 1150. The Labute approximate surface area is 183 Å². The van der Waals surface area contributed by atoms with Crippen molar-refractivity contribution in [2.24, 2.45) is 5.73 Å². The summed E-state index contributed by atoms with van der Waals surface area (Å²) in [6, 6.07) is 13.6. The van der Waals surface area contributed by atoms with E-state index < -0.39 is 0 Å². The number of anilines is 1. The Morgan fingerprint density at radius 2 is 1.94 bits per heavy atom. The zero-order valence-corrected chi connectivity index (χ0v) is 17.3. The van der Waals surface area contributed by atoms with Crippen LogP contribution in [-0.2, 0) is 4.74 Å². The van der Waals surface area contributed by atoms with Gasteiger partial charge in [-0.15, -0.1) is 0 Å². The van der Waals surface area contributed by atoms with Gasteiger partial charge in [0.05, 0.1) is 18.1 Å². The molecule has 0 saturated carbocycles. The smallest absolute Gasteiger partial charge is 0.279 e. The number of pyridine rings is 1. The summed E-state index contributed by atoms with van der Waals surface area (Å²) in [6.45, 7) is 0.127. The molecule has 2 heterocycles. The molecule has 4 rings (SSSR count). The Morgan fingerprint density at radius 1 is 1.19 bits per heavy atom. The molecule has 1 atom stereocenters. The molecule has 0 saturated heterocycles. The fourth-order valence-electron chi connectivity index (χ4n) is 3.35. The first-order valence-electron chi connectivity index (χ1n) is 9.34. The van der Waals surface area contributed by atoms with Gasteiger partial charge in [-0.3, -0.25) is 10.2 Å². The quantitative estimate of drug-likeness (QED) is 0.406. The fraction of sp³-hybridized carbons (Fsp3) is 0.136. The maximum atomic E-state index is 12.5. The Morgan fingerprint density at radius 3 is 2.61 bits per heavy atom. The van der Waals surface area contributed by atoms with E-state index in [1.54, 1.807) is 43.5 Å². The number of rotatable bonds is 5. The second kappa shape index (κ2) is 8.53. The molecule has 0 fully saturated rings. The van der Waals surface area contributed by atoms with Gasteiger partial charge in [-0.05, 0) is 48.5 Å². The van der Waals surface area contributed by atoms with Crippen molar-refractivity contribution < 1.29 is 19.0 Å². The average molecular weight is 439 g/mol. The van der Waals surface area contributed by atoms with Crippen molar-refractivity contribution in [2.75, 3.05) is 19.0 Å². The standard InChI is InChI=1S/C22H19ClN4O4/c1-29-14-4-7-20-16(9-14)17(11-30-22(24)25)15-8-13(3-6-19(15)31-20)27-21(28)18-5-2-12(23)10-26-18/h2-10,17H,11H2,1H3,(H3,24,25)(H,27,28). The van der Waals surface area contributed by atoms with Crippen LogP contribution in [0.2, 0.25) is 5.02 Å². The van der Waals surface area contributed by atoms with Gasteiger partial charge in [0.2, 0.25) is 0 Å². The van der Waals surface area contributed by atoms with Gasteiger partial charge in [-0.1, -0.05) is 11.6 Å². The molecule has 158 valence electrons. The summed E-state index contributed by atoms with van der Waals surface area (Å²) in [5.41, 5.74) is 7.82. The van der Waals surface area contributed by atoms with Crippen LogP contribution in [0.4, 0.5) is 5.69 Å². The Hall–Kier alpha value is -3.78. The van der Waals surface area contributed by atoms with Gasteiger partial charge in [-0.2, -0.15) is 0 Å². The first-order chi connectivity index (χ1) is 14.9. The first kappa shape index (κ1) is 20.5. The lowest BCUT2D eigenvalue weighted by atomic mass is 9.88. The largest absolute Gasteiger partial charge is 0.497 e. The summed E-state index contributed by atoms with van der Waals surface area (Å²) in [5, 5.41) is 10.7. The third-order valence-electron chi connectivity index (χ3n) is 4.82. The summed E-state index contributed by atoms with van der Waals surface area (Å²) in [6.07, 6.45) is 1.41. The van der Waals surface area contributed by atoms with Crippen molar-refractivity contribution >= 4 is 29.2 Å². The second-order valence-electron chi connectivity index (χ2n) is 6.80. The second-order valence-corrected chi connectivity index (χ2v) is 7.24. The van der Waals surface area contributed by atoms with E-state index in [2.05, 4.69) is 10.3 Å². The molecule has 9 heteroatoms. The van der Waals surface area contributed by atoms with E-state index in [9.17, 15) is 4.79 Å². The van der Waals surface area contributed by atoms with Crippen molar-refractivity contribution in [2.45, 2.75) is 5.92 Å². The predicted octanol–water partition coefficient (Wildman–Crippen LogP) is 4.14. The summed E-state index contributed by atoms with van der Waals surface area (Å²) in [5.74, 6) is 1.29. The highest BCUT2D eigenvalue weighted by Crippen LogP contribution is 2.46. The topological polar surface area (TPSA) is 120 Å². The van der Waals surface area contributed by atoms with Crippen LogP contribution in [0.1, 0.15) is 27.5 Å². The van der Waals surface area contributed by atoms with Crippen molar-refractivity contribution in [3.8, 4) is 17.2 Å². The number of nitrogens with one attached hydrogen (secondary N) is 2. The van der Waals surface area contributed by atoms with E-state index in [-0.39, 0.29) is 30.1 Å². The molecule has 1 aliphatic heterocycles. The molecule has 8 nitrogen and oxygen atoms in total. The van der Waals surface area contributed by atoms with Gasteiger partial charge < -0.3 is 25.3 Å². The zero-order valence-electron chi connectivity index (χ0n) is 16.5. The van der Waals surface area contributed by atoms with Gasteiger partial charge in [-0.25, -0.2) is 4.98 Å². The number of amides is 1. The van der Waals surface area contributed by atoms with Gasteiger partial charge in [0, 0.05) is 23.0 Å². The molecule has 0 aliphatic carbocycles. The number of amidine groups is 1. The summed E-state index contributed by atoms with van der Waals surface area (Å²) in [4.78, 5) is 16.6. The number of aromatic nitrogens is 1. The number of methoxy groups -OCH3 is 1. The minimum Gasteiger partial charge on any atom is -0.497 e. The van der Waals surface area contributed by atoms with Crippen LogP contribution in [0.25, 0.3) is 0 Å². The minimum absolute atomic E-state index is 0.127. The van der Waals surface area contributed by atoms with E-state index >= 15 is 0 Å². The number of benzene rings is 2. The van der Waals surface area contributed by atoms with Crippen LogP contribution < -0.4 is 20.5 Å². The molecule has 4 N–H and O–H groups in total. The highest BCUT2D eigenvalue weighted by molar-refractivity contribution is 6.30. The molecule has 1 aliphatic rings. The fourth-order valence-corrected chi connectivity index (χ4v) is 3.47. The molecule has 31 heavy (non-hydrogen) atoms. The van der Waals surface area contributed by atoms with E-state index in [1.807, 2.05) is 12.1 Å². The van der Waals surface area contributed by atoms with Crippen LogP contribution in [0.3, 0.4) is 0 Å². The van der Waals surface area contributed by atoms with E-state index in [4.69, 9.17) is 37.0 Å². The number of carbonyl (C=O) groups excluding carboxylic acids is 1. The molecule has 0 radical (unpaired) electrons. The van der Waals surface area contributed by atoms with Crippen molar-refractivity contribution in [1.82, 2.24) is 4.98 Å². The van der Waals surface area contributed by atoms with E-state index in [0.29, 0.717) is 28.0 Å². The van der Waals surface area contributed by atoms with Crippen molar-refractivity contribution in [3.05, 3.63) is 76.6 Å². The number of hydrogen-bond acceptors (Lipinski definition) is 6. The van der Waals surface area contributed by atoms with Gasteiger partial charge >= 0.3 is 0 Å². The number of nitrogens with zero attached hydrogens (tertiary/aromatic N) is 1. The number of ether oxygens (including phenoxy) is 3. The molecule has 1 amide bonds. The Kier molecular flexibility index (Phi) is 5.64. The summed E-state index contributed by atoms with van der Waals surface area (Å²) >= 11 is 5.83. The van der Waals surface area contributed by atoms with Gasteiger partial charge in [0.15, 0.2) is 0 Å². The van der Waals surface area contributed by atoms with Crippen molar-refractivity contribution in [1.29, 1.82) is 5.41 Å². The van der Waals surface area contributed by atoms with Gasteiger partial charge in [0.25, 0.3) is 11.9 Å². The van der Waals surface area contributed by atoms with Crippen LogP contribution in [0, 0.1) is 5.41 Å². The third-order valence-corrected chi connectivity index (χ3v) is 5.04. The molecule has 0 spiro atoms. The minimum atomic E-state index is -0.379. The monoisotopic (exact) mass is 438 g/mol. The molecule has 2 aromatic carbocycles. The molecular formula is C22H19ClN4O4. The lowest BCUT2D eigenvalue weighted by molar-refractivity contribution is 0.102. The molecule has 0 bridgehead atoms. The normalized spacial score (nSPS) is 13.9. The number of carbonyl (C=O) groups is 1. The third kappa shape index (κ3) is 4.39. The van der Waals surface area contributed by atoms with E-state index in [0.717, 1.165) is 11.1 Å². The maximum absolute atomic E-state index is 12.5. The Balaban J connectivity index is 1.67. The number of hydrogen-bond donors (Lipinski definition) is 3. The maximum Gasteiger partial charge on any atom is 0.279 e. The number of fused-ring (bicyclic) bond motifs is 2. The van der Waals surface area contributed by atoms with E-state index in [1.165, 1.54) is 6.20 Å². The highest BCUT2D eigenvalue weighted by Gasteiger charge is 2.29. The molecule has 1 aromatic heterocycles. The molecule has 3 aromatic rings. The van der Waals surface area contributed by atoms with Crippen LogP contribution in [0.5, 0.6) is 17.2 Å². The number of halogens is 1. The molecule has 1 unspecified atom stereocenters. The van der Waals surface area contributed by atoms with Gasteiger partial charge in [0.1, 0.15) is 29.5 Å². The van der Waals surface area contributed by atoms with Crippen LogP contribution in [0.15, 0.2) is 54.7 Å². The number of nitrogens with two attached hydrogens (primary N) is 1.